The molecule has 2 saturated heterocycles. The fraction of sp³-hybridized carbons (Fsp3) is 0.633. The van der Waals surface area contributed by atoms with Gasteiger partial charge >= 0.3 is 5.97 Å². The number of esters is 1. The quantitative estimate of drug-likeness (QED) is 0.417. The van der Waals surface area contributed by atoms with Crippen LogP contribution in [0.3, 0.4) is 0 Å². The summed E-state index contributed by atoms with van der Waals surface area (Å²) >= 11 is 0. The van der Waals surface area contributed by atoms with Crippen molar-refractivity contribution >= 4 is 22.7 Å². The number of aliphatic hydroxyl groups is 2. The SMILES string of the molecule is Cc1ccc2ccc([C@@H]3C[C@@H]4O[C@]4(C)CCCC(C)[C@H](O)C(C)C(=O)C(C)(C)C(O)CC(=O)O3)cc2n1. The van der Waals surface area contributed by atoms with Crippen LogP contribution < -0.4 is 0 Å². The Morgan fingerprint density at radius 1 is 1.05 bits per heavy atom. The van der Waals surface area contributed by atoms with Gasteiger partial charge in [0.15, 0.2) is 0 Å². The van der Waals surface area contributed by atoms with E-state index in [1.54, 1.807) is 20.8 Å². The third-order valence-corrected chi connectivity index (χ3v) is 8.63. The van der Waals surface area contributed by atoms with Crippen LogP contribution in [0.2, 0.25) is 0 Å². The predicted molar refractivity (Wildman–Crippen MR) is 141 cm³/mol. The van der Waals surface area contributed by atoms with E-state index in [1.165, 1.54) is 0 Å². The van der Waals surface area contributed by atoms with E-state index in [0.717, 1.165) is 41.4 Å². The number of carbonyl (C=O) groups is 2. The van der Waals surface area contributed by atoms with Gasteiger partial charge in [0.25, 0.3) is 0 Å². The number of ketones is 1. The molecule has 0 radical (unpaired) electrons. The van der Waals surface area contributed by atoms with Crippen LogP contribution in [-0.2, 0) is 19.1 Å². The third kappa shape index (κ3) is 5.89. The van der Waals surface area contributed by atoms with E-state index in [2.05, 4.69) is 11.9 Å². The maximum atomic E-state index is 13.3. The van der Waals surface area contributed by atoms with Crippen LogP contribution in [0.1, 0.15) is 84.1 Å². The molecule has 3 unspecified atom stereocenters. The topological polar surface area (TPSA) is 109 Å². The van der Waals surface area contributed by atoms with Crippen LogP contribution in [-0.4, -0.2) is 50.9 Å². The number of benzene rings is 1. The number of Topliss-reactive ketones (excluding diaryl/α,β-unsaturated/α-hetero) is 1. The Bertz CT molecular complexity index is 1160. The van der Waals surface area contributed by atoms with Crippen molar-refractivity contribution in [1.29, 1.82) is 0 Å². The normalized spacial score (nSPS) is 35.6. The second-order valence-corrected chi connectivity index (χ2v) is 12.0. The minimum Gasteiger partial charge on any atom is -0.457 e. The van der Waals surface area contributed by atoms with Gasteiger partial charge in [0, 0.05) is 23.4 Å². The van der Waals surface area contributed by atoms with Crippen LogP contribution in [0.25, 0.3) is 10.9 Å². The predicted octanol–water partition coefficient (Wildman–Crippen LogP) is 4.84. The van der Waals surface area contributed by atoms with Crippen LogP contribution in [0.4, 0.5) is 0 Å². The molecule has 2 N–H and O–H groups in total. The molecule has 2 aromatic rings. The summed E-state index contributed by atoms with van der Waals surface area (Å²) in [5.41, 5.74) is 1.03. The number of rotatable bonds is 1. The Morgan fingerprint density at radius 3 is 2.49 bits per heavy atom. The smallest absolute Gasteiger partial charge is 0.309 e. The number of pyridine rings is 1. The van der Waals surface area contributed by atoms with Crippen LogP contribution in [0.5, 0.6) is 0 Å². The number of fused-ring (bicyclic) bond motifs is 2. The number of ether oxygens (including phenoxy) is 2. The van der Waals surface area contributed by atoms with Gasteiger partial charge in [-0.1, -0.05) is 52.3 Å². The standard InChI is InChI=1S/C30H41NO6/c1-17-8-7-13-30(6)25(37-30)15-23(21-12-11-20-10-9-18(2)31-22(20)14-21)36-26(33)16-24(32)29(4,5)28(35)19(3)27(17)34/h9-12,14,17,19,23-25,27,32,34H,7-8,13,15-16H2,1-6H3/t17?,19?,23-,24?,25-,27-,30+/m0/s1. The van der Waals surface area contributed by atoms with Crippen molar-refractivity contribution in [2.24, 2.45) is 17.3 Å². The van der Waals surface area contributed by atoms with Crippen LogP contribution in [0, 0.1) is 24.2 Å². The van der Waals surface area contributed by atoms with Gasteiger partial charge in [-0.25, -0.2) is 0 Å². The molecule has 2 aliphatic rings. The van der Waals surface area contributed by atoms with Crippen LogP contribution in [0.15, 0.2) is 30.3 Å². The Balaban J connectivity index is 1.63. The van der Waals surface area contributed by atoms with Crippen molar-refractivity contribution < 1.29 is 29.3 Å². The Hall–Kier alpha value is -2.35. The maximum Gasteiger partial charge on any atom is 0.309 e. The molecule has 4 rings (SSSR count). The van der Waals surface area contributed by atoms with E-state index in [0.29, 0.717) is 6.42 Å². The summed E-state index contributed by atoms with van der Waals surface area (Å²) < 4.78 is 12.1. The summed E-state index contributed by atoms with van der Waals surface area (Å²) in [4.78, 5) is 31.0. The molecule has 7 nitrogen and oxygen atoms in total. The lowest BCUT2D eigenvalue weighted by atomic mass is 9.73. The zero-order valence-corrected chi connectivity index (χ0v) is 22.9. The lowest BCUT2D eigenvalue weighted by molar-refractivity contribution is -0.156. The highest BCUT2D eigenvalue weighted by Crippen LogP contribution is 2.46. The first-order valence-electron chi connectivity index (χ1n) is 13.5. The van der Waals surface area contributed by atoms with Crippen molar-refractivity contribution in [3.05, 3.63) is 41.6 Å². The minimum atomic E-state index is -1.24. The molecule has 0 amide bonds. The number of epoxide rings is 1. The summed E-state index contributed by atoms with van der Waals surface area (Å²) in [6.45, 7) is 10.9. The Kier molecular flexibility index (Phi) is 7.80. The number of hydrogen-bond donors (Lipinski definition) is 2. The molecule has 1 aromatic heterocycles. The minimum absolute atomic E-state index is 0.0681. The van der Waals surface area contributed by atoms with E-state index in [9.17, 15) is 19.8 Å². The average molecular weight is 512 g/mol. The molecule has 37 heavy (non-hydrogen) atoms. The molecule has 7 heteroatoms. The van der Waals surface area contributed by atoms with Gasteiger partial charge in [0.1, 0.15) is 11.9 Å². The summed E-state index contributed by atoms with van der Waals surface area (Å²) in [6, 6.07) is 9.85. The molecule has 2 fully saturated rings. The number of aromatic nitrogens is 1. The monoisotopic (exact) mass is 511 g/mol. The van der Waals surface area contributed by atoms with E-state index < -0.39 is 35.6 Å². The number of cyclic esters (lactones) is 1. The summed E-state index contributed by atoms with van der Waals surface area (Å²) in [5, 5.41) is 22.8. The van der Waals surface area contributed by atoms with Gasteiger partial charge in [-0.15, -0.1) is 0 Å². The highest BCUT2D eigenvalue weighted by atomic mass is 16.6. The largest absolute Gasteiger partial charge is 0.457 e. The molecular formula is C30H41NO6. The molecule has 0 spiro atoms. The first-order chi connectivity index (χ1) is 17.3. The second-order valence-electron chi connectivity index (χ2n) is 12.0. The zero-order chi connectivity index (χ0) is 27.1. The highest BCUT2D eigenvalue weighted by molar-refractivity contribution is 5.88. The van der Waals surface area contributed by atoms with Crippen molar-refractivity contribution in [3.63, 3.8) is 0 Å². The zero-order valence-electron chi connectivity index (χ0n) is 22.9. The first-order valence-corrected chi connectivity index (χ1v) is 13.5. The molecule has 0 saturated carbocycles. The number of aliphatic hydroxyl groups excluding tert-OH is 2. The molecule has 0 aliphatic carbocycles. The van der Waals surface area contributed by atoms with Crippen molar-refractivity contribution in [2.75, 3.05) is 0 Å². The Morgan fingerprint density at radius 2 is 1.76 bits per heavy atom. The van der Waals surface area contributed by atoms with E-state index in [-0.39, 0.29) is 29.8 Å². The van der Waals surface area contributed by atoms with Crippen molar-refractivity contribution in [2.45, 2.75) is 104 Å². The summed E-state index contributed by atoms with van der Waals surface area (Å²) in [5.74, 6) is -1.58. The number of hydrogen-bond acceptors (Lipinski definition) is 7. The molecule has 0 bridgehead atoms. The van der Waals surface area contributed by atoms with Gasteiger partial charge in [-0.3, -0.25) is 14.6 Å². The van der Waals surface area contributed by atoms with Crippen LogP contribution >= 0.6 is 0 Å². The summed E-state index contributed by atoms with van der Waals surface area (Å²) in [6.07, 6.45) is -0.0873. The van der Waals surface area contributed by atoms with E-state index in [1.807, 2.05) is 44.2 Å². The van der Waals surface area contributed by atoms with Gasteiger partial charge in [0.2, 0.25) is 0 Å². The number of carbonyl (C=O) groups excluding carboxylic acids is 2. The first kappa shape index (κ1) is 27.7. The lowest BCUT2D eigenvalue weighted by Gasteiger charge is -2.34. The molecule has 2 aliphatic heterocycles. The average Bonchev–Trinajstić information content (AvgIpc) is 3.49. The molecule has 7 atom stereocenters. The maximum absolute atomic E-state index is 13.3. The number of nitrogens with zero attached hydrogens (tertiary/aromatic N) is 1. The fourth-order valence-corrected chi connectivity index (χ4v) is 5.66. The van der Waals surface area contributed by atoms with Gasteiger partial charge in [-0.2, -0.15) is 0 Å². The Labute approximate surface area is 219 Å². The fourth-order valence-electron chi connectivity index (χ4n) is 5.66. The van der Waals surface area contributed by atoms with Gasteiger partial charge < -0.3 is 19.7 Å². The molecule has 202 valence electrons. The third-order valence-electron chi connectivity index (χ3n) is 8.63. The second kappa shape index (κ2) is 10.4. The van der Waals surface area contributed by atoms with Gasteiger partial charge in [0.05, 0.1) is 41.3 Å². The molecule has 3 heterocycles. The molecular weight excluding hydrogens is 470 g/mol. The molecule has 1 aromatic carbocycles. The van der Waals surface area contributed by atoms with E-state index in [4.69, 9.17) is 9.47 Å². The summed E-state index contributed by atoms with van der Waals surface area (Å²) in [7, 11) is 0. The van der Waals surface area contributed by atoms with E-state index >= 15 is 0 Å². The van der Waals surface area contributed by atoms with Crippen molar-refractivity contribution in [1.82, 2.24) is 4.98 Å². The lowest BCUT2D eigenvalue weighted by Crippen LogP contribution is -2.45. The van der Waals surface area contributed by atoms with Gasteiger partial charge in [-0.05, 0) is 50.3 Å². The highest BCUT2D eigenvalue weighted by Gasteiger charge is 2.53. The number of aryl methyl sites for hydroxylation is 1. The van der Waals surface area contributed by atoms with Crippen molar-refractivity contribution in [3.8, 4) is 0 Å².